The van der Waals surface area contributed by atoms with Crippen LogP contribution in [-0.2, 0) is 19.9 Å². The monoisotopic (exact) mass is 243 g/mol. The third-order valence-corrected chi connectivity index (χ3v) is 3.76. The molecular formula is C14H17N3O. The summed E-state index contributed by atoms with van der Waals surface area (Å²) >= 11 is 0. The van der Waals surface area contributed by atoms with E-state index in [1.54, 1.807) is 16.9 Å². The second kappa shape index (κ2) is 4.05. The van der Waals surface area contributed by atoms with E-state index in [0.29, 0.717) is 11.6 Å². The molecule has 0 radical (unpaired) electrons. The van der Waals surface area contributed by atoms with Crippen LogP contribution in [0.15, 0.2) is 18.3 Å². The molecule has 0 bridgehead atoms. The van der Waals surface area contributed by atoms with Gasteiger partial charge in [0.1, 0.15) is 11.6 Å². The van der Waals surface area contributed by atoms with Crippen LogP contribution in [0.25, 0.3) is 11.1 Å². The van der Waals surface area contributed by atoms with E-state index in [2.05, 4.69) is 5.10 Å². The Labute approximate surface area is 106 Å². The van der Waals surface area contributed by atoms with Gasteiger partial charge in [0.2, 0.25) is 0 Å². The molecule has 4 heteroatoms. The fourth-order valence-corrected chi connectivity index (χ4v) is 2.76. The third-order valence-electron chi connectivity index (χ3n) is 3.76. The van der Waals surface area contributed by atoms with E-state index in [4.69, 9.17) is 5.73 Å². The second-order valence-corrected chi connectivity index (χ2v) is 4.87. The van der Waals surface area contributed by atoms with E-state index >= 15 is 0 Å². The molecule has 0 fully saturated rings. The number of phenols is 1. The molecule has 0 saturated heterocycles. The number of aryl methyl sites for hydroxylation is 2. The minimum atomic E-state index is 0.301. The zero-order valence-corrected chi connectivity index (χ0v) is 10.5. The molecule has 0 unspecified atom stereocenters. The van der Waals surface area contributed by atoms with Crippen molar-refractivity contribution in [3.63, 3.8) is 0 Å². The van der Waals surface area contributed by atoms with Gasteiger partial charge in [-0.25, -0.2) is 0 Å². The molecule has 0 atom stereocenters. The number of nitrogens with zero attached hydrogens (tertiary/aromatic N) is 2. The SMILES string of the molecule is Cn1ncc(-c2c(O)ccc3c2CCCC3)c1N. The standard InChI is InChI=1S/C14H17N3O/c1-17-14(15)11(8-16-17)13-10-5-3-2-4-9(10)6-7-12(13)18/h6-8,18H,2-5,15H2,1H3. The number of nitrogens with two attached hydrogens (primary N) is 1. The minimum Gasteiger partial charge on any atom is -0.507 e. The Morgan fingerprint density at radius 1 is 1.28 bits per heavy atom. The summed E-state index contributed by atoms with van der Waals surface area (Å²) in [6.45, 7) is 0. The Kier molecular flexibility index (Phi) is 2.51. The van der Waals surface area contributed by atoms with Crippen LogP contribution in [0.4, 0.5) is 5.82 Å². The summed E-state index contributed by atoms with van der Waals surface area (Å²) in [6, 6.07) is 3.80. The van der Waals surface area contributed by atoms with Gasteiger partial charge in [0.05, 0.1) is 6.20 Å². The van der Waals surface area contributed by atoms with Gasteiger partial charge in [-0.2, -0.15) is 5.10 Å². The molecule has 0 spiro atoms. The Morgan fingerprint density at radius 3 is 2.78 bits per heavy atom. The van der Waals surface area contributed by atoms with Crippen molar-refractivity contribution in [3.8, 4) is 16.9 Å². The number of hydrogen-bond donors (Lipinski definition) is 2. The number of hydrogen-bond acceptors (Lipinski definition) is 3. The Balaban J connectivity index is 2.25. The Morgan fingerprint density at radius 2 is 2.06 bits per heavy atom. The van der Waals surface area contributed by atoms with Crippen LogP contribution < -0.4 is 5.73 Å². The molecule has 18 heavy (non-hydrogen) atoms. The number of nitrogen functional groups attached to an aromatic ring is 1. The lowest BCUT2D eigenvalue weighted by atomic mass is 9.86. The zero-order valence-electron chi connectivity index (χ0n) is 10.5. The molecule has 0 saturated carbocycles. The number of benzene rings is 1. The summed E-state index contributed by atoms with van der Waals surface area (Å²) in [7, 11) is 1.81. The average Bonchev–Trinajstić information content (AvgIpc) is 2.70. The van der Waals surface area contributed by atoms with Gasteiger partial charge in [-0.15, -0.1) is 0 Å². The molecule has 0 amide bonds. The maximum absolute atomic E-state index is 10.2. The van der Waals surface area contributed by atoms with E-state index in [1.165, 1.54) is 24.0 Å². The van der Waals surface area contributed by atoms with Gasteiger partial charge >= 0.3 is 0 Å². The first-order valence-corrected chi connectivity index (χ1v) is 6.30. The summed E-state index contributed by atoms with van der Waals surface area (Å²) in [4.78, 5) is 0. The highest BCUT2D eigenvalue weighted by atomic mass is 16.3. The molecule has 1 aromatic heterocycles. The van der Waals surface area contributed by atoms with E-state index < -0.39 is 0 Å². The summed E-state index contributed by atoms with van der Waals surface area (Å²) in [5.74, 6) is 0.902. The number of fused-ring (bicyclic) bond motifs is 1. The lowest BCUT2D eigenvalue weighted by Gasteiger charge is -2.20. The molecule has 1 aliphatic carbocycles. The lowest BCUT2D eigenvalue weighted by molar-refractivity contribution is 0.475. The molecule has 94 valence electrons. The Bertz CT molecular complexity index is 601. The third kappa shape index (κ3) is 1.56. The smallest absolute Gasteiger partial charge is 0.129 e. The summed E-state index contributed by atoms with van der Waals surface area (Å²) in [5.41, 5.74) is 10.3. The van der Waals surface area contributed by atoms with Gasteiger partial charge in [0.25, 0.3) is 0 Å². The number of anilines is 1. The van der Waals surface area contributed by atoms with Gasteiger partial charge in [0.15, 0.2) is 0 Å². The molecule has 1 aromatic carbocycles. The van der Waals surface area contributed by atoms with Crippen LogP contribution in [0.3, 0.4) is 0 Å². The van der Waals surface area contributed by atoms with Gasteiger partial charge < -0.3 is 10.8 Å². The minimum absolute atomic E-state index is 0.301. The largest absolute Gasteiger partial charge is 0.507 e. The first kappa shape index (κ1) is 11.1. The Hall–Kier alpha value is -1.97. The van der Waals surface area contributed by atoms with Crippen LogP contribution >= 0.6 is 0 Å². The van der Waals surface area contributed by atoms with Crippen LogP contribution in [-0.4, -0.2) is 14.9 Å². The van der Waals surface area contributed by atoms with Crippen molar-refractivity contribution in [3.05, 3.63) is 29.5 Å². The second-order valence-electron chi connectivity index (χ2n) is 4.87. The lowest BCUT2D eigenvalue weighted by Crippen LogP contribution is -2.05. The van der Waals surface area contributed by atoms with Crippen molar-refractivity contribution < 1.29 is 5.11 Å². The van der Waals surface area contributed by atoms with Crippen LogP contribution in [0.1, 0.15) is 24.0 Å². The fourth-order valence-electron chi connectivity index (χ4n) is 2.76. The number of aromatic hydroxyl groups is 1. The average molecular weight is 243 g/mol. The first-order chi connectivity index (χ1) is 8.68. The van der Waals surface area contributed by atoms with Crippen LogP contribution in [0, 0.1) is 0 Å². The molecule has 0 aliphatic heterocycles. The van der Waals surface area contributed by atoms with Gasteiger partial charge in [-0.05, 0) is 42.9 Å². The highest BCUT2D eigenvalue weighted by molar-refractivity contribution is 5.81. The number of phenolic OH excluding ortho intramolecular Hbond substituents is 1. The first-order valence-electron chi connectivity index (χ1n) is 6.30. The predicted molar refractivity (Wildman–Crippen MR) is 71.4 cm³/mol. The van der Waals surface area contributed by atoms with Crippen molar-refractivity contribution in [2.45, 2.75) is 25.7 Å². The molecular weight excluding hydrogens is 226 g/mol. The summed E-state index contributed by atoms with van der Waals surface area (Å²) < 4.78 is 1.64. The zero-order chi connectivity index (χ0) is 12.7. The quantitative estimate of drug-likeness (QED) is 0.807. The van der Waals surface area contributed by atoms with E-state index in [9.17, 15) is 5.11 Å². The predicted octanol–water partition coefficient (Wildman–Crippen LogP) is 2.25. The van der Waals surface area contributed by atoms with Crippen molar-refractivity contribution in [1.29, 1.82) is 0 Å². The number of aromatic nitrogens is 2. The fraction of sp³-hybridized carbons (Fsp3) is 0.357. The highest BCUT2D eigenvalue weighted by Crippen LogP contribution is 2.40. The van der Waals surface area contributed by atoms with Gasteiger partial charge in [0, 0.05) is 18.2 Å². The molecule has 3 rings (SSSR count). The number of rotatable bonds is 1. The van der Waals surface area contributed by atoms with Crippen molar-refractivity contribution in [2.24, 2.45) is 7.05 Å². The van der Waals surface area contributed by atoms with E-state index in [-0.39, 0.29) is 0 Å². The van der Waals surface area contributed by atoms with Crippen molar-refractivity contribution >= 4 is 5.82 Å². The maximum Gasteiger partial charge on any atom is 0.129 e. The summed E-state index contributed by atoms with van der Waals surface area (Å²) in [6.07, 6.45) is 6.22. The van der Waals surface area contributed by atoms with Crippen molar-refractivity contribution in [2.75, 3.05) is 5.73 Å². The normalized spacial score (nSPS) is 14.5. The van der Waals surface area contributed by atoms with Crippen LogP contribution in [0.2, 0.25) is 0 Å². The van der Waals surface area contributed by atoms with E-state index in [1.807, 2.05) is 13.1 Å². The highest BCUT2D eigenvalue weighted by Gasteiger charge is 2.20. The van der Waals surface area contributed by atoms with Gasteiger partial charge in [-0.1, -0.05) is 6.07 Å². The van der Waals surface area contributed by atoms with Crippen molar-refractivity contribution in [1.82, 2.24) is 9.78 Å². The molecule has 4 nitrogen and oxygen atoms in total. The summed E-state index contributed by atoms with van der Waals surface area (Å²) in [5, 5.41) is 14.3. The van der Waals surface area contributed by atoms with E-state index in [0.717, 1.165) is 24.0 Å². The molecule has 1 aliphatic rings. The molecule has 2 aromatic rings. The molecule has 3 N–H and O–H groups in total. The van der Waals surface area contributed by atoms with Crippen LogP contribution in [0.5, 0.6) is 5.75 Å². The maximum atomic E-state index is 10.2. The molecule has 1 heterocycles. The topological polar surface area (TPSA) is 64.1 Å². The van der Waals surface area contributed by atoms with Gasteiger partial charge in [-0.3, -0.25) is 4.68 Å².